The zero-order valence-electron chi connectivity index (χ0n) is 4.00. The molecule has 0 spiro atoms. The summed E-state index contributed by atoms with van der Waals surface area (Å²) in [4.78, 5) is 11.5. The second kappa shape index (κ2) is 1.78. The number of amides is 1. The molecule has 1 heterocycles. The van der Waals surface area contributed by atoms with E-state index >= 15 is 0 Å². The Bertz CT molecular complexity index is 98.3. The van der Waals surface area contributed by atoms with Crippen molar-refractivity contribution in [1.29, 1.82) is 0 Å². The average Bonchev–Trinajstić information content (AvgIpc) is 2.14. The minimum Gasteiger partial charge on any atom is -0.322 e. The second-order valence-electron chi connectivity index (χ2n) is 1.52. The Morgan fingerprint density at radius 3 is 2.86 bits per heavy atom. The van der Waals surface area contributed by atoms with Crippen LogP contribution < -0.4 is 0 Å². The van der Waals surface area contributed by atoms with Crippen molar-refractivity contribution in [3.8, 4) is 0 Å². The van der Waals surface area contributed by atoms with Crippen molar-refractivity contribution in [1.82, 2.24) is 4.90 Å². The zero-order valence-corrected chi connectivity index (χ0v) is 4.00. The largest absolute Gasteiger partial charge is 0.322 e. The molecule has 2 heteroatoms. The number of rotatable bonds is 1. The topological polar surface area (TPSA) is 20.3 Å². The van der Waals surface area contributed by atoms with Gasteiger partial charge in [0.05, 0.1) is 0 Å². The van der Waals surface area contributed by atoms with Crippen LogP contribution in [0.15, 0.2) is 12.3 Å². The summed E-state index contributed by atoms with van der Waals surface area (Å²) in [6.45, 7) is 0.865. The van der Waals surface area contributed by atoms with Gasteiger partial charge >= 0.3 is 0 Å². The molecule has 1 aliphatic heterocycles. The standard InChI is InChI=1S/C5H7NO/c7-5-6-3-1-2-4-6/h1,3,5H,2,4H2. The Morgan fingerprint density at radius 1 is 1.71 bits per heavy atom. The van der Waals surface area contributed by atoms with Gasteiger partial charge in [0, 0.05) is 12.7 Å². The summed E-state index contributed by atoms with van der Waals surface area (Å²) in [6, 6.07) is 0. The van der Waals surface area contributed by atoms with Gasteiger partial charge in [0.1, 0.15) is 0 Å². The Hall–Kier alpha value is -0.790. The molecule has 0 bridgehead atoms. The molecule has 0 unspecified atom stereocenters. The summed E-state index contributed by atoms with van der Waals surface area (Å²) in [5.74, 6) is 0. The Kier molecular flexibility index (Phi) is 1.11. The monoisotopic (exact) mass is 97.1 g/mol. The van der Waals surface area contributed by atoms with Crippen molar-refractivity contribution in [3.05, 3.63) is 12.3 Å². The fourth-order valence-corrected chi connectivity index (χ4v) is 0.596. The highest BCUT2D eigenvalue weighted by atomic mass is 16.1. The van der Waals surface area contributed by atoms with Gasteiger partial charge in [0.25, 0.3) is 0 Å². The van der Waals surface area contributed by atoms with Gasteiger partial charge in [-0.3, -0.25) is 4.79 Å². The third-order valence-electron chi connectivity index (χ3n) is 0.986. The van der Waals surface area contributed by atoms with Crippen LogP contribution in [0.5, 0.6) is 0 Å². The van der Waals surface area contributed by atoms with Crippen LogP contribution in [-0.2, 0) is 4.79 Å². The first-order valence-corrected chi connectivity index (χ1v) is 2.31. The van der Waals surface area contributed by atoms with E-state index in [2.05, 4.69) is 0 Å². The van der Waals surface area contributed by atoms with Gasteiger partial charge < -0.3 is 4.90 Å². The number of carbonyl (C=O) groups is 1. The Labute approximate surface area is 42.4 Å². The highest BCUT2D eigenvalue weighted by molar-refractivity contribution is 5.49. The zero-order chi connectivity index (χ0) is 5.11. The minimum atomic E-state index is 0.837. The predicted octanol–water partition coefficient (Wildman–Crippen LogP) is 0.362. The van der Waals surface area contributed by atoms with E-state index in [1.54, 1.807) is 11.1 Å². The first-order valence-electron chi connectivity index (χ1n) is 2.31. The summed E-state index contributed by atoms with van der Waals surface area (Å²) in [5, 5.41) is 0. The van der Waals surface area contributed by atoms with Gasteiger partial charge in [0.15, 0.2) is 0 Å². The molecule has 0 fully saturated rings. The summed E-state index contributed by atoms with van der Waals surface area (Å²) < 4.78 is 0. The molecular formula is C5H7NO. The van der Waals surface area contributed by atoms with Crippen LogP contribution in [0, 0.1) is 0 Å². The quantitative estimate of drug-likeness (QED) is 0.433. The molecule has 0 atom stereocenters. The molecule has 1 aliphatic rings. The van der Waals surface area contributed by atoms with Crippen LogP contribution in [0.2, 0.25) is 0 Å². The van der Waals surface area contributed by atoms with Crippen LogP contribution in [0.25, 0.3) is 0 Å². The molecule has 0 aromatic rings. The first kappa shape index (κ1) is 4.37. The van der Waals surface area contributed by atoms with Crippen LogP contribution in [0.4, 0.5) is 0 Å². The van der Waals surface area contributed by atoms with E-state index in [0.29, 0.717) is 0 Å². The average molecular weight is 97.1 g/mol. The van der Waals surface area contributed by atoms with Crippen molar-refractivity contribution in [2.24, 2.45) is 0 Å². The fourth-order valence-electron chi connectivity index (χ4n) is 0.596. The molecule has 0 saturated carbocycles. The van der Waals surface area contributed by atoms with E-state index in [1.165, 1.54) is 0 Å². The lowest BCUT2D eigenvalue weighted by Crippen LogP contribution is -2.09. The Balaban J connectivity index is 2.42. The third kappa shape index (κ3) is 0.796. The molecule has 0 N–H and O–H groups in total. The first-order chi connectivity index (χ1) is 3.43. The summed E-state index contributed by atoms with van der Waals surface area (Å²) in [6.07, 6.45) is 5.63. The lowest BCUT2D eigenvalue weighted by Gasteiger charge is -2.00. The maximum Gasteiger partial charge on any atom is 0.213 e. The van der Waals surface area contributed by atoms with E-state index in [-0.39, 0.29) is 0 Å². The Morgan fingerprint density at radius 2 is 2.57 bits per heavy atom. The molecule has 2 nitrogen and oxygen atoms in total. The van der Waals surface area contributed by atoms with Crippen molar-refractivity contribution in [2.45, 2.75) is 6.42 Å². The molecule has 1 rings (SSSR count). The summed E-state index contributed by atoms with van der Waals surface area (Å²) >= 11 is 0. The molecule has 0 radical (unpaired) electrons. The van der Waals surface area contributed by atoms with E-state index in [4.69, 9.17) is 0 Å². The van der Waals surface area contributed by atoms with E-state index in [1.807, 2.05) is 6.08 Å². The van der Waals surface area contributed by atoms with Crippen molar-refractivity contribution in [2.75, 3.05) is 6.54 Å². The molecule has 38 valence electrons. The summed E-state index contributed by atoms with van der Waals surface area (Å²) in [7, 11) is 0. The molecule has 7 heavy (non-hydrogen) atoms. The van der Waals surface area contributed by atoms with E-state index in [0.717, 1.165) is 19.4 Å². The van der Waals surface area contributed by atoms with Gasteiger partial charge in [-0.15, -0.1) is 0 Å². The predicted molar refractivity (Wildman–Crippen MR) is 26.5 cm³/mol. The van der Waals surface area contributed by atoms with E-state index in [9.17, 15) is 4.79 Å². The number of hydrogen-bond donors (Lipinski definition) is 0. The van der Waals surface area contributed by atoms with Gasteiger partial charge in [0.2, 0.25) is 6.41 Å². The van der Waals surface area contributed by atoms with Crippen molar-refractivity contribution >= 4 is 6.41 Å². The highest BCUT2D eigenvalue weighted by Crippen LogP contribution is 1.98. The third-order valence-corrected chi connectivity index (χ3v) is 0.986. The van der Waals surface area contributed by atoms with Crippen molar-refractivity contribution < 1.29 is 4.79 Å². The van der Waals surface area contributed by atoms with Crippen LogP contribution in [0.1, 0.15) is 6.42 Å². The van der Waals surface area contributed by atoms with Crippen LogP contribution in [-0.4, -0.2) is 17.9 Å². The molecular weight excluding hydrogens is 90.1 g/mol. The van der Waals surface area contributed by atoms with Gasteiger partial charge in [-0.05, 0) is 6.42 Å². The SMILES string of the molecule is O=CN1C=CCC1. The summed E-state index contributed by atoms with van der Waals surface area (Å²) in [5.41, 5.74) is 0. The van der Waals surface area contributed by atoms with Gasteiger partial charge in [-0.2, -0.15) is 0 Å². The molecule has 0 aromatic heterocycles. The maximum absolute atomic E-state index is 9.88. The number of hydrogen-bond acceptors (Lipinski definition) is 1. The fraction of sp³-hybridized carbons (Fsp3) is 0.400. The smallest absolute Gasteiger partial charge is 0.213 e. The highest BCUT2D eigenvalue weighted by Gasteiger charge is 1.98. The molecule has 0 saturated heterocycles. The lowest BCUT2D eigenvalue weighted by molar-refractivity contribution is -0.115. The van der Waals surface area contributed by atoms with Gasteiger partial charge in [-0.25, -0.2) is 0 Å². The van der Waals surface area contributed by atoms with Crippen molar-refractivity contribution in [3.63, 3.8) is 0 Å². The minimum absolute atomic E-state index is 0.837. The van der Waals surface area contributed by atoms with Crippen LogP contribution in [0.3, 0.4) is 0 Å². The maximum atomic E-state index is 9.88. The number of carbonyl (C=O) groups excluding carboxylic acids is 1. The second-order valence-corrected chi connectivity index (χ2v) is 1.52. The molecule has 1 amide bonds. The molecule has 0 aliphatic carbocycles. The number of nitrogens with zero attached hydrogens (tertiary/aromatic N) is 1. The van der Waals surface area contributed by atoms with Gasteiger partial charge in [-0.1, -0.05) is 6.08 Å². The normalized spacial score (nSPS) is 18.0. The van der Waals surface area contributed by atoms with E-state index < -0.39 is 0 Å². The van der Waals surface area contributed by atoms with Crippen LogP contribution >= 0.6 is 0 Å². The lowest BCUT2D eigenvalue weighted by atomic mass is 10.5. The molecule has 0 aromatic carbocycles.